The van der Waals surface area contributed by atoms with Crippen molar-refractivity contribution in [1.29, 1.82) is 0 Å². The van der Waals surface area contributed by atoms with Gasteiger partial charge in [0.05, 0.1) is 31.5 Å². The van der Waals surface area contributed by atoms with Crippen LogP contribution in [0.1, 0.15) is 23.6 Å². The zero-order chi connectivity index (χ0) is 18.3. The molecule has 25 heavy (non-hydrogen) atoms. The number of methoxy groups -OCH3 is 1. The van der Waals surface area contributed by atoms with E-state index in [9.17, 15) is 13.2 Å². The molecular formula is C17H22N2O5S. The summed E-state index contributed by atoms with van der Waals surface area (Å²) in [6, 6.07) is 9.76. The van der Waals surface area contributed by atoms with Crippen LogP contribution < -0.4 is 0 Å². The summed E-state index contributed by atoms with van der Waals surface area (Å²) >= 11 is 0. The van der Waals surface area contributed by atoms with E-state index in [0.29, 0.717) is 12.3 Å². The number of aromatic nitrogens is 2. The molecule has 0 amide bonds. The summed E-state index contributed by atoms with van der Waals surface area (Å²) in [6.07, 6.45) is 4.50. The maximum Gasteiger partial charge on any atom is 0.314 e. The molecule has 0 radical (unpaired) electrons. The maximum atomic E-state index is 11.9. The van der Waals surface area contributed by atoms with Crippen LogP contribution in [0.3, 0.4) is 0 Å². The van der Waals surface area contributed by atoms with Crippen LogP contribution in [0.5, 0.6) is 0 Å². The largest absolute Gasteiger partial charge is 0.469 e. The highest BCUT2D eigenvalue weighted by Gasteiger charge is 2.25. The molecule has 1 unspecified atom stereocenters. The number of ether oxygens (including phenoxy) is 2. The van der Waals surface area contributed by atoms with Gasteiger partial charge >= 0.3 is 5.97 Å². The van der Waals surface area contributed by atoms with Crippen LogP contribution in [0.15, 0.2) is 42.9 Å². The summed E-state index contributed by atoms with van der Waals surface area (Å²) in [5.41, 5.74) is 1.53. The number of carbonyl (C=O) groups is 1. The fraction of sp³-hybridized carbons (Fsp3) is 0.412. The Balaban J connectivity index is 1.97. The normalized spacial score (nSPS) is 12.7. The minimum atomic E-state index is -3.17. The number of sulfone groups is 1. The van der Waals surface area contributed by atoms with Crippen molar-refractivity contribution in [1.82, 2.24) is 9.55 Å². The lowest BCUT2D eigenvalue weighted by Crippen LogP contribution is -2.18. The maximum absolute atomic E-state index is 11.9. The zero-order valence-corrected chi connectivity index (χ0v) is 15.1. The van der Waals surface area contributed by atoms with Crippen LogP contribution in [0, 0.1) is 0 Å². The van der Waals surface area contributed by atoms with Gasteiger partial charge in [-0.15, -0.1) is 0 Å². The molecule has 0 fully saturated rings. The number of carbonyl (C=O) groups excluding carboxylic acids is 1. The van der Waals surface area contributed by atoms with Crippen LogP contribution >= 0.6 is 0 Å². The lowest BCUT2D eigenvalue weighted by molar-refractivity contribution is -0.142. The molecule has 0 bridgehead atoms. The van der Waals surface area contributed by atoms with E-state index in [1.807, 2.05) is 30.3 Å². The number of hydrogen-bond acceptors (Lipinski definition) is 6. The molecule has 1 aromatic heterocycles. The average molecular weight is 366 g/mol. The van der Waals surface area contributed by atoms with Crippen molar-refractivity contribution in [3.8, 4) is 0 Å². The Hall–Kier alpha value is -2.19. The molecule has 0 aliphatic rings. The molecule has 1 heterocycles. The summed E-state index contributed by atoms with van der Waals surface area (Å²) in [4.78, 5) is 16.1. The van der Waals surface area contributed by atoms with Gasteiger partial charge in [0, 0.05) is 12.5 Å². The lowest BCUT2D eigenvalue weighted by atomic mass is 10.0. The molecule has 0 spiro atoms. The number of benzene rings is 1. The fourth-order valence-electron chi connectivity index (χ4n) is 2.33. The van der Waals surface area contributed by atoms with Crippen molar-refractivity contribution in [2.24, 2.45) is 0 Å². The first-order valence-electron chi connectivity index (χ1n) is 7.78. The average Bonchev–Trinajstić information content (AvgIpc) is 3.03. The van der Waals surface area contributed by atoms with Crippen molar-refractivity contribution < 1.29 is 22.7 Å². The molecule has 2 aromatic rings. The first kappa shape index (κ1) is 19.1. The number of nitrogens with zero attached hydrogens (tertiary/aromatic N) is 2. The summed E-state index contributed by atoms with van der Waals surface area (Å²) < 4.78 is 34.8. The first-order chi connectivity index (χ1) is 11.9. The first-order valence-corrected chi connectivity index (χ1v) is 9.84. The highest BCUT2D eigenvalue weighted by Crippen LogP contribution is 2.20. The highest BCUT2D eigenvalue weighted by atomic mass is 32.2. The second-order valence-corrected chi connectivity index (χ2v) is 8.03. The molecule has 0 aliphatic heterocycles. The number of imidazole rings is 1. The Morgan fingerprint density at radius 1 is 1.28 bits per heavy atom. The SMILES string of the molecule is COC(=O)C(CCS(C)(=O)=O)c1cn(COCc2ccccc2)cn1. The van der Waals surface area contributed by atoms with E-state index < -0.39 is 21.7 Å². The fourth-order valence-corrected chi connectivity index (χ4v) is 3.00. The van der Waals surface area contributed by atoms with E-state index >= 15 is 0 Å². The van der Waals surface area contributed by atoms with Crippen LogP contribution in [-0.4, -0.2) is 43.1 Å². The lowest BCUT2D eigenvalue weighted by Gasteiger charge is -2.11. The van der Waals surface area contributed by atoms with Gasteiger partial charge in [-0.05, 0) is 12.0 Å². The minimum Gasteiger partial charge on any atom is -0.469 e. The third kappa shape index (κ3) is 6.32. The molecule has 7 nitrogen and oxygen atoms in total. The Morgan fingerprint density at radius 2 is 2.00 bits per heavy atom. The standard InChI is InChI=1S/C17H22N2O5S/c1-23-17(20)15(8-9-25(2,21)22)16-10-19(12-18-16)13-24-11-14-6-4-3-5-7-14/h3-7,10,12,15H,8-9,11,13H2,1-2H3. The second kappa shape index (κ2) is 8.77. The Morgan fingerprint density at radius 3 is 2.64 bits per heavy atom. The number of hydrogen-bond donors (Lipinski definition) is 0. The van der Waals surface area contributed by atoms with E-state index in [0.717, 1.165) is 11.8 Å². The van der Waals surface area contributed by atoms with Gasteiger partial charge < -0.3 is 14.0 Å². The molecule has 2 rings (SSSR count). The predicted octanol–water partition coefficient (Wildman–Crippen LogP) is 1.75. The monoisotopic (exact) mass is 366 g/mol. The van der Waals surface area contributed by atoms with E-state index in [-0.39, 0.29) is 18.9 Å². The van der Waals surface area contributed by atoms with E-state index in [4.69, 9.17) is 9.47 Å². The van der Waals surface area contributed by atoms with Crippen molar-refractivity contribution in [2.75, 3.05) is 19.1 Å². The van der Waals surface area contributed by atoms with Gasteiger partial charge in [-0.1, -0.05) is 30.3 Å². The van der Waals surface area contributed by atoms with Crippen LogP contribution in [0.25, 0.3) is 0 Å². The number of rotatable bonds is 9. The van der Waals surface area contributed by atoms with Gasteiger partial charge in [-0.25, -0.2) is 13.4 Å². The minimum absolute atomic E-state index is 0.107. The van der Waals surface area contributed by atoms with Crippen molar-refractivity contribution >= 4 is 15.8 Å². The van der Waals surface area contributed by atoms with Crippen molar-refractivity contribution in [3.05, 3.63) is 54.1 Å². The predicted molar refractivity (Wildman–Crippen MR) is 92.5 cm³/mol. The summed E-state index contributed by atoms with van der Waals surface area (Å²) in [6.45, 7) is 0.741. The van der Waals surface area contributed by atoms with E-state index in [2.05, 4.69) is 4.98 Å². The van der Waals surface area contributed by atoms with Crippen molar-refractivity contribution in [3.63, 3.8) is 0 Å². The third-order valence-corrected chi connectivity index (χ3v) is 4.60. The molecule has 0 saturated heterocycles. The molecule has 1 aromatic carbocycles. The zero-order valence-electron chi connectivity index (χ0n) is 14.3. The smallest absolute Gasteiger partial charge is 0.314 e. The summed E-state index contributed by atoms with van der Waals surface area (Å²) in [5.74, 6) is -1.32. The topological polar surface area (TPSA) is 87.5 Å². The van der Waals surface area contributed by atoms with E-state index in [1.54, 1.807) is 17.1 Å². The summed E-state index contributed by atoms with van der Waals surface area (Å²) in [7, 11) is -1.90. The van der Waals surface area contributed by atoms with Crippen LogP contribution in [0.2, 0.25) is 0 Å². The summed E-state index contributed by atoms with van der Waals surface area (Å²) in [5, 5.41) is 0. The second-order valence-electron chi connectivity index (χ2n) is 5.77. The van der Waals surface area contributed by atoms with Crippen LogP contribution in [-0.2, 0) is 37.4 Å². The van der Waals surface area contributed by atoms with Gasteiger partial charge in [-0.3, -0.25) is 4.79 Å². The van der Waals surface area contributed by atoms with Crippen molar-refractivity contribution in [2.45, 2.75) is 25.7 Å². The van der Waals surface area contributed by atoms with Gasteiger partial charge in [0.1, 0.15) is 22.5 Å². The third-order valence-electron chi connectivity index (χ3n) is 3.63. The molecule has 0 N–H and O–H groups in total. The number of esters is 1. The molecule has 0 saturated carbocycles. The Labute approximate surface area is 147 Å². The Bertz CT molecular complexity index is 786. The van der Waals surface area contributed by atoms with E-state index in [1.165, 1.54) is 7.11 Å². The van der Waals surface area contributed by atoms with Gasteiger partial charge in [-0.2, -0.15) is 0 Å². The quantitative estimate of drug-likeness (QED) is 0.628. The molecular weight excluding hydrogens is 344 g/mol. The molecule has 0 aliphatic carbocycles. The molecule has 136 valence electrons. The highest BCUT2D eigenvalue weighted by molar-refractivity contribution is 7.90. The van der Waals surface area contributed by atoms with Gasteiger partial charge in [0.15, 0.2) is 0 Å². The van der Waals surface area contributed by atoms with Gasteiger partial charge in [0.2, 0.25) is 0 Å². The Kier molecular flexibility index (Phi) is 6.72. The molecule has 1 atom stereocenters. The van der Waals surface area contributed by atoms with Gasteiger partial charge in [0.25, 0.3) is 0 Å². The van der Waals surface area contributed by atoms with Crippen LogP contribution in [0.4, 0.5) is 0 Å². The molecule has 8 heteroatoms.